The van der Waals surface area contributed by atoms with Gasteiger partial charge in [0.05, 0.1) is 18.6 Å². The van der Waals surface area contributed by atoms with E-state index >= 15 is 0 Å². The Morgan fingerprint density at radius 1 is 1.20 bits per heavy atom. The number of amides is 1. The number of thiophene rings is 1. The first-order valence-electron chi connectivity index (χ1n) is 7.37. The minimum absolute atomic E-state index is 0.272. The molecule has 0 bridgehead atoms. The molecule has 1 amide bonds. The van der Waals surface area contributed by atoms with E-state index in [1.165, 1.54) is 18.4 Å². The van der Waals surface area contributed by atoms with Crippen molar-refractivity contribution in [1.82, 2.24) is 0 Å². The summed E-state index contributed by atoms with van der Waals surface area (Å²) in [5, 5.41) is 13.2. The van der Waals surface area contributed by atoms with Crippen LogP contribution in [0.25, 0.3) is 0 Å². The molecule has 25 heavy (non-hydrogen) atoms. The second-order valence-corrected chi connectivity index (χ2v) is 6.26. The summed E-state index contributed by atoms with van der Waals surface area (Å²) < 4.78 is 4.80. The van der Waals surface area contributed by atoms with Crippen molar-refractivity contribution in [2.75, 3.05) is 12.4 Å². The van der Waals surface area contributed by atoms with Gasteiger partial charge >= 0.3 is 5.97 Å². The van der Waals surface area contributed by atoms with Crippen LogP contribution in [0.5, 0.6) is 0 Å². The van der Waals surface area contributed by atoms with Crippen LogP contribution in [-0.4, -0.2) is 25.0 Å². The number of benzene rings is 1. The van der Waals surface area contributed by atoms with Crippen molar-refractivity contribution in [3.05, 3.63) is 64.1 Å². The summed E-state index contributed by atoms with van der Waals surface area (Å²) in [6.07, 6.45) is 2.06. The predicted octanol–water partition coefficient (Wildman–Crippen LogP) is 1.68. The molecule has 6 nitrogen and oxygen atoms in total. The van der Waals surface area contributed by atoms with E-state index in [1.807, 2.05) is 30.3 Å². The Labute approximate surface area is 148 Å². The van der Waals surface area contributed by atoms with Crippen molar-refractivity contribution in [1.29, 1.82) is 0 Å². The monoisotopic (exact) mass is 358 g/mol. The van der Waals surface area contributed by atoms with Crippen LogP contribution < -0.4 is 10.4 Å². The zero-order chi connectivity index (χ0) is 18.4. The molecular formula is C18H16NO5S-. The Kier molecular flexibility index (Phi) is 6.08. The number of carboxylic acids is 1. The lowest BCUT2D eigenvalue weighted by atomic mass is 10.1. The Morgan fingerprint density at radius 2 is 1.88 bits per heavy atom. The molecule has 0 aliphatic heterocycles. The van der Waals surface area contributed by atoms with E-state index in [1.54, 1.807) is 6.92 Å². The third kappa shape index (κ3) is 4.77. The Hall–Kier alpha value is -2.93. The van der Waals surface area contributed by atoms with Gasteiger partial charge in [-0.05, 0) is 24.1 Å². The molecule has 0 unspecified atom stereocenters. The van der Waals surface area contributed by atoms with Gasteiger partial charge < -0.3 is 20.0 Å². The third-order valence-electron chi connectivity index (χ3n) is 3.45. The molecule has 2 rings (SSSR count). The first kappa shape index (κ1) is 18.4. The fraction of sp³-hybridized carbons (Fsp3) is 0.167. The maximum Gasteiger partial charge on any atom is 0.341 e. The summed E-state index contributed by atoms with van der Waals surface area (Å²) in [4.78, 5) is 35.2. The SMILES string of the molecule is COC(=O)c1c(NC(=O)/C=C/C(=O)[O-])sc(Cc2ccccc2)c1C. The van der Waals surface area contributed by atoms with Gasteiger partial charge in [-0.25, -0.2) is 4.79 Å². The minimum Gasteiger partial charge on any atom is -0.545 e. The Balaban J connectivity index is 2.34. The molecule has 0 aliphatic carbocycles. The van der Waals surface area contributed by atoms with Crippen LogP contribution in [0.2, 0.25) is 0 Å². The number of esters is 1. The molecule has 0 fully saturated rings. The maximum absolute atomic E-state index is 12.1. The van der Waals surface area contributed by atoms with Gasteiger partial charge in [0.15, 0.2) is 0 Å². The number of rotatable bonds is 6. The highest BCUT2D eigenvalue weighted by Gasteiger charge is 2.22. The van der Waals surface area contributed by atoms with Gasteiger partial charge in [0, 0.05) is 17.4 Å². The van der Waals surface area contributed by atoms with Crippen LogP contribution in [0, 0.1) is 6.92 Å². The molecule has 1 heterocycles. The van der Waals surface area contributed by atoms with Gasteiger partial charge in [-0.15, -0.1) is 11.3 Å². The van der Waals surface area contributed by atoms with Crippen LogP contribution in [-0.2, 0) is 20.7 Å². The van der Waals surface area contributed by atoms with E-state index in [4.69, 9.17) is 4.74 Å². The number of carboxylic acid groups (broad SMARTS) is 1. The highest BCUT2D eigenvalue weighted by molar-refractivity contribution is 7.17. The number of methoxy groups -OCH3 is 1. The molecule has 0 atom stereocenters. The summed E-state index contributed by atoms with van der Waals surface area (Å²) in [5.41, 5.74) is 2.06. The second kappa shape index (κ2) is 8.25. The fourth-order valence-electron chi connectivity index (χ4n) is 2.24. The van der Waals surface area contributed by atoms with Gasteiger partial charge in [0.2, 0.25) is 5.91 Å². The van der Waals surface area contributed by atoms with Crippen molar-refractivity contribution in [2.24, 2.45) is 0 Å². The molecule has 0 aliphatic rings. The standard InChI is InChI=1S/C18H17NO5S/c1-11-13(10-12-6-4-3-5-7-12)25-17(16(11)18(23)24-2)19-14(20)8-9-15(21)22/h3-9H,10H2,1-2H3,(H,19,20)(H,21,22)/p-1/b9-8+. The maximum atomic E-state index is 12.1. The smallest absolute Gasteiger partial charge is 0.341 e. The average molecular weight is 358 g/mol. The number of anilines is 1. The highest BCUT2D eigenvalue weighted by Crippen LogP contribution is 2.35. The van der Waals surface area contributed by atoms with Crippen LogP contribution in [0.3, 0.4) is 0 Å². The fourth-order valence-corrected chi connectivity index (χ4v) is 3.47. The highest BCUT2D eigenvalue weighted by atomic mass is 32.1. The van der Waals surface area contributed by atoms with Crippen LogP contribution in [0.1, 0.15) is 26.4 Å². The van der Waals surface area contributed by atoms with E-state index in [0.29, 0.717) is 17.5 Å². The Bertz CT molecular complexity index is 823. The van der Waals surface area contributed by atoms with Crippen LogP contribution in [0.15, 0.2) is 42.5 Å². The van der Waals surface area contributed by atoms with Crippen molar-refractivity contribution in [3.8, 4) is 0 Å². The number of hydrogen-bond donors (Lipinski definition) is 1. The number of hydrogen-bond acceptors (Lipinski definition) is 6. The van der Waals surface area contributed by atoms with Gasteiger partial charge in [-0.2, -0.15) is 0 Å². The van der Waals surface area contributed by atoms with E-state index in [-0.39, 0.29) is 5.56 Å². The minimum atomic E-state index is -1.48. The molecule has 0 radical (unpaired) electrons. The molecule has 7 heteroatoms. The lowest BCUT2D eigenvalue weighted by Crippen LogP contribution is -2.20. The number of ether oxygens (including phenoxy) is 1. The number of nitrogens with one attached hydrogen (secondary N) is 1. The first-order valence-corrected chi connectivity index (χ1v) is 8.18. The van der Waals surface area contributed by atoms with Crippen molar-refractivity contribution in [3.63, 3.8) is 0 Å². The number of carbonyl (C=O) groups is 3. The summed E-state index contributed by atoms with van der Waals surface area (Å²) in [5.74, 6) is -2.70. The Morgan fingerprint density at radius 3 is 2.48 bits per heavy atom. The molecular weight excluding hydrogens is 342 g/mol. The molecule has 1 aromatic carbocycles. The molecule has 1 aromatic heterocycles. The normalized spacial score (nSPS) is 10.6. The van der Waals surface area contributed by atoms with E-state index in [9.17, 15) is 19.5 Å². The van der Waals surface area contributed by atoms with E-state index in [0.717, 1.165) is 22.1 Å². The molecule has 130 valence electrons. The molecule has 1 N–H and O–H groups in total. The summed E-state index contributed by atoms with van der Waals surface area (Å²) in [7, 11) is 1.26. The zero-order valence-electron chi connectivity index (χ0n) is 13.7. The van der Waals surface area contributed by atoms with E-state index < -0.39 is 17.8 Å². The number of aliphatic carboxylic acids is 1. The summed E-state index contributed by atoms with van der Waals surface area (Å²) in [6, 6.07) is 9.70. The molecule has 0 saturated heterocycles. The van der Waals surface area contributed by atoms with Gasteiger partial charge in [-0.1, -0.05) is 30.3 Å². The van der Waals surface area contributed by atoms with Crippen molar-refractivity contribution < 1.29 is 24.2 Å². The van der Waals surface area contributed by atoms with Gasteiger partial charge in [0.25, 0.3) is 0 Å². The summed E-state index contributed by atoms with van der Waals surface area (Å²) in [6.45, 7) is 1.79. The molecule has 2 aromatic rings. The van der Waals surface area contributed by atoms with Gasteiger partial charge in [0.1, 0.15) is 5.00 Å². The summed E-state index contributed by atoms with van der Waals surface area (Å²) >= 11 is 1.26. The lowest BCUT2D eigenvalue weighted by Gasteiger charge is -2.04. The third-order valence-corrected chi connectivity index (χ3v) is 4.66. The lowest BCUT2D eigenvalue weighted by molar-refractivity contribution is -0.297. The van der Waals surface area contributed by atoms with Crippen molar-refractivity contribution >= 4 is 34.2 Å². The number of carbonyl (C=O) groups excluding carboxylic acids is 3. The first-order chi connectivity index (χ1) is 11.9. The van der Waals surface area contributed by atoms with Gasteiger partial charge in [-0.3, -0.25) is 4.79 Å². The van der Waals surface area contributed by atoms with Crippen LogP contribution >= 0.6 is 11.3 Å². The van der Waals surface area contributed by atoms with Crippen molar-refractivity contribution in [2.45, 2.75) is 13.3 Å². The van der Waals surface area contributed by atoms with E-state index in [2.05, 4.69) is 5.32 Å². The quantitative estimate of drug-likeness (QED) is 0.626. The predicted molar refractivity (Wildman–Crippen MR) is 92.4 cm³/mol. The largest absolute Gasteiger partial charge is 0.545 e. The molecule has 0 spiro atoms. The zero-order valence-corrected chi connectivity index (χ0v) is 14.5. The average Bonchev–Trinajstić information content (AvgIpc) is 2.88. The molecule has 0 saturated carbocycles. The van der Waals surface area contributed by atoms with Crippen LogP contribution in [0.4, 0.5) is 5.00 Å². The topological polar surface area (TPSA) is 95.5 Å². The second-order valence-electron chi connectivity index (χ2n) is 5.15.